The van der Waals surface area contributed by atoms with E-state index in [1.165, 1.54) is 19.2 Å². The summed E-state index contributed by atoms with van der Waals surface area (Å²) in [7, 11) is 1.26. The highest BCUT2D eigenvalue weighted by Crippen LogP contribution is 2.27. The monoisotopic (exact) mass is 219 g/mol. The Bertz CT molecular complexity index is 352. The second kappa shape index (κ2) is 3.85. The van der Waals surface area contributed by atoms with Gasteiger partial charge in [0.25, 0.3) is 0 Å². The van der Waals surface area contributed by atoms with E-state index in [-0.39, 0.29) is 16.3 Å². The van der Waals surface area contributed by atoms with Crippen molar-refractivity contribution in [3.63, 3.8) is 0 Å². The van der Waals surface area contributed by atoms with Crippen LogP contribution in [-0.4, -0.2) is 13.1 Å². The van der Waals surface area contributed by atoms with Crippen molar-refractivity contribution in [1.29, 1.82) is 0 Å². The lowest BCUT2D eigenvalue weighted by molar-refractivity contribution is 0.0602. The fourth-order valence-electron chi connectivity index (χ4n) is 0.864. The van der Waals surface area contributed by atoms with Gasteiger partial charge >= 0.3 is 5.97 Å². The second-order valence-corrected chi connectivity index (χ2v) is 3.18. The van der Waals surface area contributed by atoms with Crippen LogP contribution in [0.3, 0.4) is 0 Å². The number of hydrogen-bond acceptors (Lipinski definition) is 3. The van der Waals surface area contributed by atoms with E-state index in [1.807, 2.05) is 0 Å². The largest absolute Gasteiger partial charge is 0.465 e. The fourth-order valence-corrected chi connectivity index (χ4v) is 1.36. The lowest BCUT2D eigenvalue weighted by atomic mass is 10.2. The molecule has 0 fully saturated rings. The molecule has 2 N–H and O–H groups in total. The van der Waals surface area contributed by atoms with E-state index in [2.05, 4.69) is 4.74 Å². The summed E-state index contributed by atoms with van der Waals surface area (Å²) in [6, 6.07) is 2.87. The molecular weight excluding hydrogens is 213 g/mol. The lowest BCUT2D eigenvalue weighted by Gasteiger charge is -2.05. The van der Waals surface area contributed by atoms with Crippen LogP contribution in [0.1, 0.15) is 10.4 Å². The number of carbonyl (C=O) groups excluding carboxylic acids is 1. The number of ether oxygens (including phenoxy) is 1. The van der Waals surface area contributed by atoms with Crippen molar-refractivity contribution in [2.75, 3.05) is 12.8 Å². The zero-order valence-corrected chi connectivity index (χ0v) is 8.32. The topological polar surface area (TPSA) is 52.3 Å². The Morgan fingerprint density at radius 1 is 1.46 bits per heavy atom. The van der Waals surface area contributed by atoms with E-state index in [9.17, 15) is 4.79 Å². The first kappa shape index (κ1) is 10.2. The van der Waals surface area contributed by atoms with Crippen molar-refractivity contribution in [2.24, 2.45) is 0 Å². The summed E-state index contributed by atoms with van der Waals surface area (Å²) >= 11 is 11.4. The van der Waals surface area contributed by atoms with Gasteiger partial charge in [0.15, 0.2) is 0 Å². The number of hydrogen-bond donors (Lipinski definition) is 1. The maximum atomic E-state index is 11.1. The van der Waals surface area contributed by atoms with Gasteiger partial charge in [-0.3, -0.25) is 0 Å². The van der Waals surface area contributed by atoms with Crippen molar-refractivity contribution < 1.29 is 9.53 Å². The van der Waals surface area contributed by atoms with Crippen LogP contribution in [0, 0.1) is 0 Å². The second-order valence-electron chi connectivity index (χ2n) is 2.34. The molecule has 1 aromatic carbocycles. The molecule has 0 saturated heterocycles. The number of anilines is 1. The molecule has 0 bridgehead atoms. The third-order valence-corrected chi connectivity index (χ3v) is 2.03. The zero-order chi connectivity index (χ0) is 10.0. The van der Waals surface area contributed by atoms with E-state index in [0.717, 1.165) is 0 Å². The van der Waals surface area contributed by atoms with E-state index < -0.39 is 5.97 Å². The molecule has 0 atom stereocenters. The van der Waals surface area contributed by atoms with Crippen LogP contribution in [-0.2, 0) is 4.74 Å². The maximum Gasteiger partial charge on any atom is 0.340 e. The molecule has 0 unspecified atom stereocenters. The van der Waals surface area contributed by atoms with Gasteiger partial charge in [-0.05, 0) is 12.1 Å². The molecular formula is C8H7Cl2NO2. The highest BCUT2D eigenvalue weighted by Gasteiger charge is 2.13. The van der Waals surface area contributed by atoms with Gasteiger partial charge in [-0.2, -0.15) is 0 Å². The molecule has 0 aliphatic heterocycles. The SMILES string of the molecule is COC(=O)c1cc(Cl)cc(Cl)c1N. The highest BCUT2D eigenvalue weighted by atomic mass is 35.5. The first-order valence-corrected chi connectivity index (χ1v) is 4.14. The summed E-state index contributed by atoms with van der Waals surface area (Å²) in [6.45, 7) is 0. The van der Waals surface area contributed by atoms with Gasteiger partial charge < -0.3 is 10.5 Å². The van der Waals surface area contributed by atoms with Gasteiger partial charge in [0.1, 0.15) is 0 Å². The minimum absolute atomic E-state index is 0.179. The maximum absolute atomic E-state index is 11.1. The van der Waals surface area contributed by atoms with Crippen LogP contribution >= 0.6 is 23.2 Å². The van der Waals surface area contributed by atoms with Crippen molar-refractivity contribution in [3.8, 4) is 0 Å². The van der Waals surface area contributed by atoms with Crippen LogP contribution in [0.25, 0.3) is 0 Å². The summed E-state index contributed by atoms with van der Waals surface area (Å²) in [5, 5.41) is 0.590. The van der Waals surface area contributed by atoms with E-state index in [1.54, 1.807) is 0 Å². The standard InChI is InChI=1S/C8H7Cl2NO2/c1-13-8(12)5-2-4(9)3-6(10)7(5)11/h2-3H,11H2,1H3. The van der Waals surface area contributed by atoms with Crippen molar-refractivity contribution in [2.45, 2.75) is 0 Å². The quantitative estimate of drug-likeness (QED) is 0.583. The number of carbonyl (C=O) groups is 1. The number of esters is 1. The minimum Gasteiger partial charge on any atom is -0.465 e. The van der Waals surface area contributed by atoms with Crippen molar-refractivity contribution in [3.05, 3.63) is 27.7 Å². The van der Waals surface area contributed by atoms with Gasteiger partial charge in [0.2, 0.25) is 0 Å². The zero-order valence-electron chi connectivity index (χ0n) is 6.80. The summed E-state index contributed by atoms with van der Waals surface area (Å²) in [5.41, 5.74) is 5.90. The summed E-state index contributed by atoms with van der Waals surface area (Å²) in [6.07, 6.45) is 0. The van der Waals surface area contributed by atoms with Crippen molar-refractivity contribution >= 4 is 34.9 Å². The number of halogens is 2. The lowest BCUT2D eigenvalue weighted by Crippen LogP contribution is -2.05. The van der Waals surface area contributed by atoms with Crippen LogP contribution in [0.5, 0.6) is 0 Å². The van der Waals surface area contributed by atoms with Gasteiger partial charge in [0.05, 0.1) is 23.4 Å². The molecule has 0 radical (unpaired) electrons. The third-order valence-electron chi connectivity index (χ3n) is 1.50. The number of nitrogens with two attached hydrogens (primary N) is 1. The summed E-state index contributed by atoms with van der Waals surface area (Å²) < 4.78 is 4.49. The van der Waals surface area contributed by atoms with Crippen LogP contribution in [0.2, 0.25) is 10.0 Å². The summed E-state index contributed by atoms with van der Waals surface area (Å²) in [5.74, 6) is -0.554. The molecule has 3 nitrogen and oxygen atoms in total. The minimum atomic E-state index is -0.554. The molecule has 70 valence electrons. The number of rotatable bonds is 1. The molecule has 1 rings (SSSR count). The molecule has 0 heterocycles. The molecule has 13 heavy (non-hydrogen) atoms. The molecule has 0 aliphatic carbocycles. The Hall–Kier alpha value is -0.930. The average molecular weight is 220 g/mol. The Kier molecular flexibility index (Phi) is 3.01. The molecule has 0 amide bonds. The Morgan fingerprint density at radius 3 is 2.62 bits per heavy atom. The Labute approximate surface area is 85.4 Å². The first-order chi connectivity index (χ1) is 6.06. The van der Waals surface area contributed by atoms with Gasteiger partial charge in [-0.15, -0.1) is 0 Å². The van der Waals surface area contributed by atoms with E-state index in [0.29, 0.717) is 5.02 Å². The number of methoxy groups -OCH3 is 1. The van der Waals surface area contributed by atoms with Crippen LogP contribution in [0.15, 0.2) is 12.1 Å². The van der Waals surface area contributed by atoms with Crippen LogP contribution in [0.4, 0.5) is 5.69 Å². The first-order valence-electron chi connectivity index (χ1n) is 3.39. The molecule has 1 aromatic rings. The predicted molar refractivity (Wildman–Crippen MR) is 52.2 cm³/mol. The smallest absolute Gasteiger partial charge is 0.340 e. The molecule has 0 aromatic heterocycles. The predicted octanol–water partition coefficient (Wildman–Crippen LogP) is 2.36. The molecule has 0 aliphatic rings. The van der Waals surface area contributed by atoms with E-state index in [4.69, 9.17) is 28.9 Å². The normalized spacial score (nSPS) is 9.77. The molecule has 0 saturated carbocycles. The summed E-state index contributed by atoms with van der Waals surface area (Å²) in [4.78, 5) is 11.1. The third kappa shape index (κ3) is 2.05. The van der Waals surface area contributed by atoms with Gasteiger partial charge in [-0.25, -0.2) is 4.79 Å². The van der Waals surface area contributed by atoms with E-state index >= 15 is 0 Å². The Morgan fingerprint density at radius 2 is 2.08 bits per heavy atom. The number of benzene rings is 1. The highest BCUT2D eigenvalue weighted by molar-refractivity contribution is 6.37. The van der Waals surface area contributed by atoms with Gasteiger partial charge in [-0.1, -0.05) is 23.2 Å². The fraction of sp³-hybridized carbons (Fsp3) is 0.125. The Balaban J connectivity index is 3.28. The van der Waals surface area contributed by atoms with Gasteiger partial charge in [0, 0.05) is 5.02 Å². The van der Waals surface area contributed by atoms with Crippen molar-refractivity contribution in [1.82, 2.24) is 0 Å². The molecule has 5 heteroatoms. The average Bonchev–Trinajstić information content (AvgIpc) is 2.10. The molecule has 0 spiro atoms. The van der Waals surface area contributed by atoms with Crippen LogP contribution < -0.4 is 5.73 Å². The number of nitrogen functional groups attached to an aromatic ring is 1.